The smallest absolute Gasteiger partial charge is 0.235 e. The van der Waals surface area contributed by atoms with E-state index in [1.54, 1.807) is 11.4 Å². The van der Waals surface area contributed by atoms with Crippen molar-refractivity contribution in [2.75, 3.05) is 11.1 Å². The number of nitrogens with zero attached hydrogens (tertiary/aromatic N) is 4. The SMILES string of the molecule is CCn1c(SCC(=O)Nc2sccc2C#N)nnc1-c1ccccc1. The standard InChI is InChI=1S/C17H15N5OS2/c1-2-22-15(12-6-4-3-5-7-12)20-21-17(22)25-11-14(23)19-16-13(10-18)8-9-24-16/h3-9H,2,11H2,1H3,(H,19,23). The predicted octanol–water partition coefficient (Wildman–Crippen LogP) is 3.63. The number of benzene rings is 1. The summed E-state index contributed by atoms with van der Waals surface area (Å²) in [5, 5.41) is 23.3. The van der Waals surface area contributed by atoms with Gasteiger partial charge < -0.3 is 9.88 Å². The van der Waals surface area contributed by atoms with E-state index in [0.29, 0.717) is 22.3 Å². The molecule has 2 aromatic heterocycles. The van der Waals surface area contributed by atoms with Crippen molar-refractivity contribution in [1.82, 2.24) is 14.8 Å². The van der Waals surface area contributed by atoms with Gasteiger partial charge in [-0.25, -0.2) is 0 Å². The largest absolute Gasteiger partial charge is 0.316 e. The van der Waals surface area contributed by atoms with Gasteiger partial charge in [0.2, 0.25) is 5.91 Å². The number of nitrogens with one attached hydrogen (secondary N) is 1. The molecule has 1 aromatic carbocycles. The lowest BCUT2D eigenvalue weighted by Gasteiger charge is -2.07. The van der Waals surface area contributed by atoms with Crippen LogP contribution in [0.15, 0.2) is 46.9 Å². The highest BCUT2D eigenvalue weighted by Gasteiger charge is 2.15. The lowest BCUT2D eigenvalue weighted by molar-refractivity contribution is -0.113. The molecule has 0 spiro atoms. The van der Waals surface area contributed by atoms with Gasteiger partial charge in [-0.3, -0.25) is 4.79 Å². The number of hydrogen-bond acceptors (Lipinski definition) is 6. The van der Waals surface area contributed by atoms with Gasteiger partial charge in [-0.15, -0.1) is 21.5 Å². The molecule has 1 N–H and O–H groups in total. The fraction of sp³-hybridized carbons (Fsp3) is 0.176. The Bertz CT molecular complexity index is 911. The maximum Gasteiger partial charge on any atom is 0.235 e. The summed E-state index contributed by atoms with van der Waals surface area (Å²) >= 11 is 2.67. The fourth-order valence-electron chi connectivity index (χ4n) is 2.27. The van der Waals surface area contributed by atoms with Crippen LogP contribution in [0.5, 0.6) is 0 Å². The van der Waals surface area contributed by atoms with Gasteiger partial charge in [0.1, 0.15) is 11.1 Å². The minimum absolute atomic E-state index is 0.170. The van der Waals surface area contributed by atoms with Crippen molar-refractivity contribution < 1.29 is 4.79 Å². The Kier molecular flexibility index (Phi) is 5.48. The normalized spacial score (nSPS) is 10.4. The molecule has 0 aliphatic rings. The number of amides is 1. The number of carbonyl (C=O) groups is 1. The fourth-order valence-corrected chi connectivity index (χ4v) is 3.82. The molecule has 0 bridgehead atoms. The zero-order valence-corrected chi connectivity index (χ0v) is 15.1. The first-order chi connectivity index (χ1) is 12.2. The zero-order valence-electron chi connectivity index (χ0n) is 13.5. The zero-order chi connectivity index (χ0) is 17.6. The third-order valence-electron chi connectivity index (χ3n) is 3.44. The van der Waals surface area contributed by atoms with Crippen LogP contribution >= 0.6 is 23.1 Å². The Labute approximate surface area is 153 Å². The molecule has 0 aliphatic heterocycles. The molecule has 0 fully saturated rings. The molecule has 3 rings (SSSR count). The second-order valence-electron chi connectivity index (χ2n) is 5.03. The van der Waals surface area contributed by atoms with Crippen molar-refractivity contribution >= 4 is 34.0 Å². The summed E-state index contributed by atoms with van der Waals surface area (Å²) in [4.78, 5) is 12.1. The van der Waals surface area contributed by atoms with Gasteiger partial charge in [-0.05, 0) is 18.4 Å². The Morgan fingerprint density at radius 2 is 2.12 bits per heavy atom. The van der Waals surface area contributed by atoms with Gasteiger partial charge in [0.25, 0.3) is 0 Å². The molecule has 3 aromatic rings. The Balaban J connectivity index is 1.68. The molecule has 0 saturated carbocycles. The number of rotatable bonds is 6. The number of thioether (sulfide) groups is 1. The Morgan fingerprint density at radius 1 is 1.32 bits per heavy atom. The van der Waals surface area contributed by atoms with Gasteiger partial charge in [-0.1, -0.05) is 42.1 Å². The average Bonchev–Trinajstić information content (AvgIpc) is 3.26. The van der Waals surface area contributed by atoms with E-state index in [4.69, 9.17) is 5.26 Å². The quantitative estimate of drug-likeness (QED) is 0.671. The Morgan fingerprint density at radius 3 is 2.84 bits per heavy atom. The lowest BCUT2D eigenvalue weighted by atomic mass is 10.2. The van der Waals surface area contributed by atoms with Crippen molar-refractivity contribution in [2.24, 2.45) is 0 Å². The van der Waals surface area contributed by atoms with Crippen LogP contribution in [0.25, 0.3) is 11.4 Å². The minimum Gasteiger partial charge on any atom is -0.316 e. The van der Waals surface area contributed by atoms with Crippen molar-refractivity contribution in [3.63, 3.8) is 0 Å². The van der Waals surface area contributed by atoms with Crippen LogP contribution in [0.1, 0.15) is 12.5 Å². The van der Waals surface area contributed by atoms with Crippen molar-refractivity contribution in [1.29, 1.82) is 5.26 Å². The number of carbonyl (C=O) groups excluding carboxylic acids is 1. The summed E-state index contributed by atoms with van der Waals surface area (Å²) in [6.45, 7) is 2.73. The summed E-state index contributed by atoms with van der Waals surface area (Å²) in [6.07, 6.45) is 0. The molecular weight excluding hydrogens is 354 g/mol. The van der Waals surface area contributed by atoms with Crippen LogP contribution in [-0.4, -0.2) is 26.4 Å². The minimum atomic E-state index is -0.170. The average molecular weight is 369 g/mol. The topological polar surface area (TPSA) is 83.6 Å². The van der Waals surface area contributed by atoms with E-state index in [1.165, 1.54) is 23.1 Å². The van der Waals surface area contributed by atoms with E-state index in [9.17, 15) is 4.79 Å². The predicted molar refractivity (Wildman–Crippen MR) is 99.5 cm³/mol. The second-order valence-corrected chi connectivity index (χ2v) is 6.89. The molecule has 1 amide bonds. The third kappa shape index (κ3) is 3.90. The van der Waals surface area contributed by atoms with Gasteiger partial charge >= 0.3 is 0 Å². The molecule has 0 aliphatic carbocycles. The summed E-state index contributed by atoms with van der Waals surface area (Å²) in [7, 11) is 0. The van der Waals surface area contributed by atoms with Crippen LogP contribution in [0.4, 0.5) is 5.00 Å². The highest BCUT2D eigenvalue weighted by molar-refractivity contribution is 7.99. The second kappa shape index (κ2) is 7.96. The van der Waals surface area contributed by atoms with E-state index >= 15 is 0 Å². The first-order valence-electron chi connectivity index (χ1n) is 7.61. The van der Waals surface area contributed by atoms with E-state index < -0.39 is 0 Å². The summed E-state index contributed by atoms with van der Waals surface area (Å²) in [6, 6.07) is 13.6. The molecular formula is C17H15N5OS2. The van der Waals surface area contributed by atoms with Crippen LogP contribution in [-0.2, 0) is 11.3 Å². The van der Waals surface area contributed by atoms with E-state index in [0.717, 1.165) is 11.4 Å². The monoisotopic (exact) mass is 369 g/mol. The highest BCUT2D eigenvalue weighted by Crippen LogP contribution is 2.25. The molecule has 0 saturated heterocycles. The Hall–Kier alpha value is -2.63. The van der Waals surface area contributed by atoms with Crippen LogP contribution < -0.4 is 5.32 Å². The lowest BCUT2D eigenvalue weighted by Crippen LogP contribution is -2.14. The highest BCUT2D eigenvalue weighted by atomic mass is 32.2. The van der Waals surface area contributed by atoms with Crippen LogP contribution in [0.3, 0.4) is 0 Å². The number of hydrogen-bond donors (Lipinski definition) is 1. The molecule has 0 atom stereocenters. The van der Waals surface area contributed by atoms with E-state index in [-0.39, 0.29) is 11.7 Å². The van der Waals surface area contributed by atoms with Gasteiger partial charge in [0.15, 0.2) is 11.0 Å². The molecule has 8 heteroatoms. The number of nitriles is 1. The van der Waals surface area contributed by atoms with E-state index in [1.807, 2.05) is 41.8 Å². The first-order valence-corrected chi connectivity index (χ1v) is 9.48. The number of thiophene rings is 1. The van der Waals surface area contributed by atoms with E-state index in [2.05, 4.69) is 21.6 Å². The summed E-state index contributed by atoms with van der Waals surface area (Å²) in [5.74, 6) is 0.822. The molecule has 25 heavy (non-hydrogen) atoms. The first kappa shape index (κ1) is 17.2. The molecule has 0 radical (unpaired) electrons. The van der Waals surface area contributed by atoms with Crippen molar-refractivity contribution in [2.45, 2.75) is 18.6 Å². The van der Waals surface area contributed by atoms with Gasteiger partial charge in [0.05, 0.1) is 11.3 Å². The van der Waals surface area contributed by atoms with Crippen LogP contribution in [0, 0.1) is 11.3 Å². The van der Waals surface area contributed by atoms with Crippen LogP contribution in [0.2, 0.25) is 0 Å². The van der Waals surface area contributed by atoms with Crippen molar-refractivity contribution in [3.05, 3.63) is 47.3 Å². The maximum atomic E-state index is 12.1. The maximum absolute atomic E-state index is 12.1. The molecule has 126 valence electrons. The van der Waals surface area contributed by atoms with Gasteiger partial charge in [-0.2, -0.15) is 5.26 Å². The number of anilines is 1. The molecule has 6 nitrogen and oxygen atoms in total. The molecule has 0 unspecified atom stereocenters. The van der Waals surface area contributed by atoms with Crippen molar-refractivity contribution in [3.8, 4) is 17.5 Å². The summed E-state index contributed by atoms with van der Waals surface area (Å²) < 4.78 is 1.99. The third-order valence-corrected chi connectivity index (χ3v) is 5.23. The molecule has 2 heterocycles. The summed E-state index contributed by atoms with van der Waals surface area (Å²) in [5.41, 5.74) is 1.47. The van der Waals surface area contributed by atoms with Gasteiger partial charge in [0, 0.05) is 12.1 Å². The number of aromatic nitrogens is 3.